The summed E-state index contributed by atoms with van der Waals surface area (Å²) in [6, 6.07) is 5.16. The van der Waals surface area contributed by atoms with Crippen molar-refractivity contribution >= 4 is 23.3 Å². The Bertz CT molecular complexity index is 679. The average molecular weight is 264 g/mol. The highest BCUT2D eigenvalue weighted by Crippen LogP contribution is 2.71. The fourth-order valence-electron chi connectivity index (χ4n) is 3.17. The van der Waals surface area contributed by atoms with Gasteiger partial charge in [0.1, 0.15) is 5.82 Å². The largest absolute Gasteiger partial charge is 0.330 e. The number of halogens is 1. The molecule has 1 N–H and O–H groups in total. The lowest BCUT2D eigenvalue weighted by Gasteiger charge is -2.06. The highest BCUT2D eigenvalue weighted by molar-refractivity contribution is 7.71. The van der Waals surface area contributed by atoms with Gasteiger partial charge in [-0.05, 0) is 41.2 Å². The van der Waals surface area contributed by atoms with Gasteiger partial charge in [0.25, 0.3) is 0 Å². The van der Waals surface area contributed by atoms with Crippen molar-refractivity contribution in [2.24, 2.45) is 10.8 Å². The third-order valence-corrected chi connectivity index (χ3v) is 5.18. The van der Waals surface area contributed by atoms with Gasteiger partial charge in [-0.25, -0.2) is 4.39 Å². The predicted octanol–water partition coefficient (Wildman–Crippen LogP) is 4.45. The monoisotopic (exact) mass is 264 g/mol. The van der Waals surface area contributed by atoms with E-state index in [1.54, 1.807) is 6.07 Å². The summed E-state index contributed by atoms with van der Waals surface area (Å²) in [5.41, 5.74) is 2.17. The van der Waals surface area contributed by atoms with Crippen LogP contribution in [0.15, 0.2) is 18.2 Å². The van der Waals surface area contributed by atoms with E-state index < -0.39 is 0 Å². The Kier molecular flexibility index (Phi) is 2.14. The van der Waals surface area contributed by atoms with Crippen LogP contribution in [0.25, 0.3) is 11.0 Å². The number of nitrogens with zero attached hydrogens (tertiary/aromatic N) is 1. The third-order valence-electron chi connectivity index (χ3n) is 4.88. The average Bonchev–Trinajstić information content (AvgIpc) is 2.52. The van der Waals surface area contributed by atoms with Crippen LogP contribution in [-0.2, 0) is 0 Å². The molecule has 0 unspecified atom stereocenters. The van der Waals surface area contributed by atoms with Crippen molar-refractivity contribution in [3.8, 4) is 0 Å². The van der Waals surface area contributed by atoms with Crippen LogP contribution >= 0.6 is 12.2 Å². The van der Waals surface area contributed by atoms with E-state index >= 15 is 0 Å². The molecule has 18 heavy (non-hydrogen) atoms. The van der Waals surface area contributed by atoms with Crippen LogP contribution in [0, 0.1) is 21.4 Å². The van der Waals surface area contributed by atoms with Gasteiger partial charge < -0.3 is 9.55 Å². The first-order valence-electron chi connectivity index (χ1n) is 6.16. The molecule has 0 amide bonds. The molecule has 0 bridgehead atoms. The minimum Gasteiger partial charge on any atom is -0.330 e. The number of hydrogen-bond donors (Lipinski definition) is 1. The highest BCUT2D eigenvalue weighted by Gasteiger charge is 2.66. The Balaban J connectivity index is 2.26. The number of imidazole rings is 1. The van der Waals surface area contributed by atoms with Gasteiger partial charge in [0.05, 0.1) is 11.0 Å². The van der Waals surface area contributed by atoms with Crippen LogP contribution in [0.2, 0.25) is 0 Å². The Morgan fingerprint density at radius 3 is 2.39 bits per heavy atom. The first kappa shape index (κ1) is 11.9. The molecule has 96 valence electrons. The molecular weight excluding hydrogens is 247 g/mol. The summed E-state index contributed by atoms with van der Waals surface area (Å²) in [5, 5.41) is 0. The first-order valence-corrected chi connectivity index (χ1v) is 6.57. The van der Waals surface area contributed by atoms with E-state index in [4.69, 9.17) is 12.2 Å². The second-order valence-corrected chi connectivity index (χ2v) is 6.69. The number of nitrogens with one attached hydrogen (secondary N) is 1. The van der Waals surface area contributed by atoms with E-state index in [2.05, 4.69) is 37.2 Å². The maximum Gasteiger partial charge on any atom is 0.178 e. The maximum absolute atomic E-state index is 13.2. The van der Waals surface area contributed by atoms with Crippen molar-refractivity contribution in [1.29, 1.82) is 0 Å². The Labute approximate surface area is 111 Å². The lowest BCUT2D eigenvalue weighted by molar-refractivity contribution is 0.457. The summed E-state index contributed by atoms with van der Waals surface area (Å²) < 4.78 is 16.1. The van der Waals surface area contributed by atoms with Crippen molar-refractivity contribution in [2.45, 2.75) is 33.7 Å². The van der Waals surface area contributed by atoms with E-state index in [1.165, 1.54) is 12.1 Å². The molecule has 1 aliphatic carbocycles. The molecular formula is C14H17FN2S. The zero-order valence-corrected chi connectivity index (χ0v) is 11.9. The van der Waals surface area contributed by atoms with Crippen LogP contribution in [0.4, 0.5) is 4.39 Å². The van der Waals surface area contributed by atoms with E-state index in [0.717, 1.165) is 11.0 Å². The molecule has 0 atom stereocenters. The number of fused-ring (bicyclic) bond motifs is 1. The highest BCUT2D eigenvalue weighted by atomic mass is 32.1. The lowest BCUT2D eigenvalue weighted by Crippen LogP contribution is -2.00. The van der Waals surface area contributed by atoms with Gasteiger partial charge in [0.2, 0.25) is 0 Å². The topological polar surface area (TPSA) is 20.7 Å². The van der Waals surface area contributed by atoms with Crippen LogP contribution in [0.1, 0.15) is 33.7 Å². The molecule has 2 aromatic rings. The Morgan fingerprint density at radius 2 is 1.83 bits per heavy atom. The zero-order valence-electron chi connectivity index (χ0n) is 11.0. The van der Waals surface area contributed by atoms with Gasteiger partial charge in [-0.1, -0.05) is 27.7 Å². The molecule has 0 aliphatic heterocycles. The number of hydrogen-bond acceptors (Lipinski definition) is 1. The fourth-order valence-corrected chi connectivity index (χ4v) is 3.48. The Hall–Kier alpha value is -1.16. The molecule has 3 rings (SSSR count). The van der Waals surface area contributed by atoms with Gasteiger partial charge in [-0.15, -0.1) is 0 Å². The van der Waals surface area contributed by atoms with Crippen molar-refractivity contribution < 1.29 is 4.39 Å². The predicted molar refractivity (Wildman–Crippen MR) is 73.7 cm³/mol. The standard InChI is InChI=1S/C14H17FN2S/c1-13(2)11(14(13,3)4)17-10-6-5-8(15)7-9(10)16-12(17)18/h5-7,11H,1-4H3,(H,16,18). The molecule has 1 fully saturated rings. The number of aromatic amines is 1. The molecule has 1 aromatic carbocycles. The molecule has 2 nitrogen and oxygen atoms in total. The number of benzene rings is 1. The van der Waals surface area contributed by atoms with Gasteiger partial charge in [0, 0.05) is 6.04 Å². The molecule has 0 spiro atoms. The van der Waals surface area contributed by atoms with Crippen molar-refractivity contribution in [3.63, 3.8) is 0 Å². The molecule has 0 radical (unpaired) electrons. The van der Waals surface area contributed by atoms with E-state index in [-0.39, 0.29) is 16.6 Å². The zero-order chi connectivity index (χ0) is 13.3. The van der Waals surface area contributed by atoms with E-state index in [9.17, 15) is 4.39 Å². The third kappa shape index (κ3) is 1.30. The number of aromatic nitrogens is 2. The molecule has 0 saturated heterocycles. The molecule has 1 aromatic heterocycles. The molecule has 1 saturated carbocycles. The van der Waals surface area contributed by atoms with Gasteiger partial charge in [-0.3, -0.25) is 0 Å². The summed E-state index contributed by atoms with van der Waals surface area (Å²) in [6.45, 7) is 9.01. The summed E-state index contributed by atoms with van der Waals surface area (Å²) in [5.74, 6) is -0.236. The minimum absolute atomic E-state index is 0.203. The second kappa shape index (κ2) is 3.23. The van der Waals surface area contributed by atoms with Crippen LogP contribution in [-0.4, -0.2) is 9.55 Å². The van der Waals surface area contributed by atoms with Crippen molar-refractivity contribution in [2.75, 3.05) is 0 Å². The molecule has 4 heteroatoms. The van der Waals surface area contributed by atoms with Crippen LogP contribution in [0.3, 0.4) is 0 Å². The fraction of sp³-hybridized carbons (Fsp3) is 0.500. The van der Waals surface area contributed by atoms with Gasteiger partial charge in [-0.2, -0.15) is 0 Å². The molecule has 1 aliphatic rings. The lowest BCUT2D eigenvalue weighted by atomic mass is 10.0. The van der Waals surface area contributed by atoms with Gasteiger partial charge >= 0.3 is 0 Å². The number of H-pyrrole nitrogens is 1. The Morgan fingerprint density at radius 1 is 1.22 bits per heavy atom. The summed E-state index contributed by atoms with van der Waals surface area (Å²) in [4.78, 5) is 3.10. The maximum atomic E-state index is 13.2. The van der Waals surface area contributed by atoms with E-state index in [0.29, 0.717) is 10.8 Å². The van der Waals surface area contributed by atoms with Crippen molar-refractivity contribution in [1.82, 2.24) is 9.55 Å². The summed E-state index contributed by atoms with van der Waals surface area (Å²) >= 11 is 5.40. The second-order valence-electron chi connectivity index (χ2n) is 6.31. The van der Waals surface area contributed by atoms with Gasteiger partial charge in [0.15, 0.2) is 4.77 Å². The minimum atomic E-state index is -0.236. The normalized spacial score (nSPS) is 21.4. The van der Waals surface area contributed by atoms with Crippen molar-refractivity contribution in [3.05, 3.63) is 28.8 Å². The first-order chi connectivity index (χ1) is 8.26. The quantitative estimate of drug-likeness (QED) is 0.755. The summed E-state index contributed by atoms with van der Waals surface area (Å²) in [7, 11) is 0. The van der Waals surface area contributed by atoms with E-state index in [1.807, 2.05) is 0 Å². The molecule has 1 heterocycles. The summed E-state index contributed by atoms with van der Waals surface area (Å²) in [6.07, 6.45) is 0. The van der Waals surface area contributed by atoms with Crippen LogP contribution in [0.5, 0.6) is 0 Å². The smallest absolute Gasteiger partial charge is 0.178 e. The number of rotatable bonds is 1. The SMILES string of the molecule is CC1(C)C(n2c(=S)[nH]c3cc(F)ccc32)C1(C)C. The van der Waals surface area contributed by atoms with Crippen LogP contribution < -0.4 is 0 Å².